The lowest BCUT2D eigenvalue weighted by Gasteiger charge is -2.42. The molecule has 0 aliphatic heterocycles. The maximum atomic E-state index is 7.12. The van der Waals surface area contributed by atoms with Crippen molar-refractivity contribution in [3.63, 3.8) is 0 Å². The maximum Gasteiger partial charge on any atom is 0.164 e. The Morgan fingerprint density at radius 1 is 0.371 bits per heavy atom. The van der Waals surface area contributed by atoms with Gasteiger partial charge in [-0.1, -0.05) is 201 Å². The van der Waals surface area contributed by atoms with E-state index in [1.165, 1.54) is 65.5 Å². The van der Waals surface area contributed by atoms with E-state index in [2.05, 4.69) is 133 Å². The molecule has 1 atom stereocenters. The maximum absolute atomic E-state index is 7.12. The van der Waals surface area contributed by atoms with Crippen molar-refractivity contribution in [2.24, 2.45) is 5.92 Å². The smallest absolute Gasteiger partial charge is 0.164 e. The van der Waals surface area contributed by atoms with Crippen molar-refractivity contribution >= 4 is 21.9 Å². The normalized spacial score (nSPS) is 16.1. The molecule has 10 aromatic rings. The summed E-state index contributed by atoms with van der Waals surface area (Å²) >= 11 is 0. The SMILES string of the molecule is c1ccc(-c2nc(-c3ccccc3)nc(-c3cccc(-c4cccc5c4oc4c(-c6ccc7c(c6)C(c6ccccc6)(C6CCCCC6)c6ccccc6-7)cccc45)c3)n2)cc1. The highest BCUT2D eigenvalue weighted by Gasteiger charge is 2.50. The fraction of sp³-hybridized carbons (Fsp3) is 0.121. The molecular formula is C58H43N3O. The molecule has 2 aliphatic rings. The Balaban J connectivity index is 0.997. The van der Waals surface area contributed by atoms with Gasteiger partial charge in [0.25, 0.3) is 0 Å². The molecule has 8 aromatic carbocycles. The Labute approximate surface area is 361 Å². The number of para-hydroxylation sites is 2. The molecule has 296 valence electrons. The lowest BCUT2D eigenvalue weighted by atomic mass is 9.60. The van der Waals surface area contributed by atoms with Crippen molar-refractivity contribution in [1.82, 2.24) is 15.0 Å². The fourth-order valence-electron chi connectivity index (χ4n) is 10.7. The average Bonchev–Trinajstić information content (AvgIpc) is 3.89. The van der Waals surface area contributed by atoms with Gasteiger partial charge in [-0.05, 0) is 69.8 Å². The van der Waals surface area contributed by atoms with Crippen LogP contribution in [-0.4, -0.2) is 15.0 Å². The molecule has 2 aliphatic carbocycles. The monoisotopic (exact) mass is 797 g/mol. The summed E-state index contributed by atoms with van der Waals surface area (Å²) in [6.07, 6.45) is 6.33. The van der Waals surface area contributed by atoms with Crippen LogP contribution in [0.4, 0.5) is 0 Å². The van der Waals surface area contributed by atoms with Crippen molar-refractivity contribution in [3.05, 3.63) is 211 Å². The van der Waals surface area contributed by atoms with Crippen LogP contribution in [0.1, 0.15) is 48.8 Å². The second-order valence-corrected chi connectivity index (χ2v) is 16.9. The topological polar surface area (TPSA) is 51.8 Å². The highest BCUT2D eigenvalue weighted by Crippen LogP contribution is 2.59. The van der Waals surface area contributed by atoms with Gasteiger partial charge in [-0.3, -0.25) is 0 Å². The quantitative estimate of drug-likeness (QED) is 0.161. The van der Waals surface area contributed by atoms with Crippen LogP contribution in [-0.2, 0) is 5.41 Å². The zero-order valence-electron chi connectivity index (χ0n) is 34.3. The minimum absolute atomic E-state index is 0.216. The molecule has 62 heavy (non-hydrogen) atoms. The van der Waals surface area contributed by atoms with Gasteiger partial charge in [0.05, 0.1) is 0 Å². The molecule has 0 N–H and O–H groups in total. The third-order valence-electron chi connectivity index (χ3n) is 13.5. The number of hydrogen-bond donors (Lipinski definition) is 0. The second kappa shape index (κ2) is 14.9. The van der Waals surface area contributed by atoms with Crippen LogP contribution < -0.4 is 0 Å². The van der Waals surface area contributed by atoms with Crippen molar-refractivity contribution in [3.8, 4) is 67.5 Å². The van der Waals surface area contributed by atoms with Crippen LogP contribution in [0.5, 0.6) is 0 Å². The average molecular weight is 798 g/mol. The second-order valence-electron chi connectivity index (χ2n) is 16.9. The molecule has 1 unspecified atom stereocenters. The summed E-state index contributed by atoms with van der Waals surface area (Å²) in [6.45, 7) is 0. The van der Waals surface area contributed by atoms with E-state index < -0.39 is 0 Å². The fourth-order valence-corrected chi connectivity index (χ4v) is 10.7. The summed E-state index contributed by atoms with van der Waals surface area (Å²) in [7, 11) is 0. The molecule has 12 rings (SSSR count). The molecule has 2 heterocycles. The molecule has 0 bridgehead atoms. The molecule has 0 saturated heterocycles. The van der Waals surface area contributed by atoms with Crippen LogP contribution in [0.2, 0.25) is 0 Å². The first-order valence-electron chi connectivity index (χ1n) is 22.0. The summed E-state index contributed by atoms with van der Waals surface area (Å²) in [4.78, 5) is 15.0. The van der Waals surface area contributed by atoms with Gasteiger partial charge in [0.1, 0.15) is 11.2 Å². The number of aromatic nitrogens is 3. The van der Waals surface area contributed by atoms with E-state index in [4.69, 9.17) is 19.4 Å². The molecule has 0 radical (unpaired) electrons. The van der Waals surface area contributed by atoms with Gasteiger partial charge in [-0.25, -0.2) is 15.0 Å². The minimum Gasteiger partial charge on any atom is -0.455 e. The van der Waals surface area contributed by atoms with Gasteiger partial charge in [-0.15, -0.1) is 0 Å². The number of rotatable bonds is 7. The predicted octanol–water partition coefficient (Wildman–Crippen LogP) is 15.0. The van der Waals surface area contributed by atoms with Crippen LogP contribution in [0.25, 0.3) is 89.5 Å². The molecule has 1 saturated carbocycles. The molecule has 1 fully saturated rings. The molecule has 4 heteroatoms. The molecule has 4 nitrogen and oxygen atoms in total. The zero-order chi connectivity index (χ0) is 41.0. The van der Waals surface area contributed by atoms with E-state index in [9.17, 15) is 0 Å². The van der Waals surface area contributed by atoms with Crippen LogP contribution >= 0.6 is 0 Å². The summed E-state index contributed by atoms with van der Waals surface area (Å²) < 4.78 is 7.12. The number of furan rings is 1. The number of fused-ring (bicyclic) bond motifs is 6. The van der Waals surface area contributed by atoms with Gasteiger partial charge >= 0.3 is 0 Å². The molecular weight excluding hydrogens is 755 g/mol. The summed E-state index contributed by atoms with van der Waals surface area (Å²) in [5.41, 5.74) is 15.7. The first-order valence-corrected chi connectivity index (χ1v) is 22.0. The van der Waals surface area contributed by atoms with Crippen LogP contribution in [0, 0.1) is 5.92 Å². The standard InChI is InChI=1S/C58H43N3O/c1-5-18-38(19-6-1)55-59-56(39-20-7-2-8-21-39)61-57(60-55)42-23-15-22-40(36-42)45-29-16-31-49-50-32-17-30-46(54(50)62-53(45)49)41-34-35-48-47-28-13-14-33-51(47)58(52(48)37-41,43-24-9-3-10-25-43)44-26-11-4-12-27-44/h1-3,5-10,13-25,28-37,44H,4,11-12,26-27H2. The largest absolute Gasteiger partial charge is 0.455 e. The Kier molecular flexibility index (Phi) is 8.77. The molecule has 2 aromatic heterocycles. The van der Waals surface area contributed by atoms with Gasteiger partial charge < -0.3 is 4.42 Å². The third kappa shape index (κ3) is 5.85. The minimum atomic E-state index is -0.216. The Hall–Kier alpha value is -7.43. The van der Waals surface area contributed by atoms with E-state index in [1.807, 2.05) is 60.7 Å². The Bertz CT molecular complexity index is 3220. The van der Waals surface area contributed by atoms with Gasteiger partial charge in [0.15, 0.2) is 17.5 Å². The van der Waals surface area contributed by atoms with Crippen LogP contribution in [0.15, 0.2) is 199 Å². The first-order chi connectivity index (χ1) is 30.7. The first kappa shape index (κ1) is 36.4. The Morgan fingerprint density at radius 2 is 0.855 bits per heavy atom. The van der Waals surface area contributed by atoms with Crippen molar-refractivity contribution in [2.45, 2.75) is 37.5 Å². The molecule has 0 spiro atoms. The van der Waals surface area contributed by atoms with Gasteiger partial charge in [-0.2, -0.15) is 0 Å². The van der Waals surface area contributed by atoms with Crippen molar-refractivity contribution in [2.75, 3.05) is 0 Å². The molecule has 0 amide bonds. The van der Waals surface area contributed by atoms with E-state index in [0.717, 1.165) is 55.3 Å². The predicted molar refractivity (Wildman–Crippen MR) is 253 cm³/mol. The van der Waals surface area contributed by atoms with E-state index in [-0.39, 0.29) is 5.41 Å². The van der Waals surface area contributed by atoms with E-state index in [1.54, 1.807) is 0 Å². The summed E-state index contributed by atoms with van der Waals surface area (Å²) in [6, 6.07) is 69.5. The third-order valence-corrected chi connectivity index (χ3v) is 13.5. The zero-order valence-corrected chi connectivity index (χ0v) is 34.3. The lowest BCUT2D eigenvalue weighted by molar-refractivity contribution is 0.275. The number of nitrogens with zero attached hydrogens (tertiary/aromatic N) is 3. The highest BCUT2D eigenvalue weighted by atomic mass is 16.3. The van der Waals surface area contributed by atoms with E-state index >= 15 is 0 Å². The number of hydrogen-bond acceptors (Lipinski definition) is 4. The lowest BCUT2D eigenvalue weighted by Crippen LogP contribution is -2.37. The highest BCUT2D eigenvalue weighted by molar-refractivity contribution is 6.13. The Morgan fingerprint density at radius 3 is 1.50 bits per heavy atom. The number of benzene rings is 8. The van der Waals surface area contributed by atoms with Gasteiger partial charge in [0.2, 0.25) is 0 Å². The summed E-state index contributed by atoms with van der Waals surface area (Å²) in [5, 5.41) is 2.20. The van der Waals surface area contributed by atoms with E-state index in [0.29, 0.717) is 23.4 Å². The van der Waals surface area contributed by atoms with Crippen molar-refractivity contribution < 1.29 is 4.42 Å². The van der Waals surface area contributed by atoms with Crippen molar-refractivity contribution in [1.29, 1.82) is 0 Å². The van der Waals surface area contributed by atoms with Gasteiger partial charge in [0, 0.05) is 44.0 Å². The summed E-state index contributed by atoms with van der Waals surface area (Å²) in [5.74, 6) is 2.42. The van der Waals surface area contributed by atoms with Crippen LogP contribution in [0.3, 0.4) is 0 Å².